The van der Waals surface area contributed by atoms with Gasteiger partial charge >= 0.3 is 0 Å². The highest BCUT2D eigenvalue weighted by Crippen LogP contribution is 2.31. The molecule has 4 aromatic rings. The van der Waals surface area contributed by atoms with Crippen molar-refractivity contribution in [2.45, 2.75) is 13.8 Å². The lowest BCUT2D eigenvalue weighted by atomic mass is 10.1. The summed E-state index contributed by atoms with van der Waals surface area (Å²) in [6.45, 7) is 3.80. The van der Waals surface area contributed by atoms with Gasteiger partial charge in [-0.25, -0.2) is 5.43 Å². The van der Waals surface area contributed by atoms with E-state index in [1.807, 2.05) is 54.8 Å². The maximum Gasteiger partial charge on any atom is 0.275 e. The molecule has 0 radical (unpaired) electrons. The van der Waals surface area contributed by atoms with Gasteiger partial charge in [0.2, 0.25) is 0 Å². The molecule has 1 aromatic heterocycles. The van der Waals surface area contributed by atoms with Gasteiger partial charge < -0.3 is 14.0 Å². The first kappa shape index (κ1) is 23.5. The van der Waals surface area contributed by atoms with Crippen molar-refractivity contribution in [1.82, 2.24) is 9.99 Å². The molecule has 178 valence electrons. The van der Waals surface area contributed by atoms with Gasteiger partial charge in [-0.2, -0.15) is 5.10 Å². The van der Waals surface area contributed by atoms with Crippen LogP contribution in [0, 0.1) is 24.0 Å². The van der Waals surface area contributed by atoms with Crippen molar-refractivity contribution in [2.75, 3.05) is 14.2 Å². The summed E-state index contributed by atoms with van der Waals surface area (Å²) in [5.41, 5.74) is 6.03. The maximum atomic E-state index is 12.8. The zero-order valence-electron chi connectivity index (χ0n) is 19.7. The molecule has 0 spiro atoms. The number of aryl methyl sites for hydroxylation is 1. The average Bonchev–Trinajstić information content (AvgIpc) is 3.14. The van der Waals surface area contributed by atoms with E-state index in [-0.39, 0.29) is 5.69 Å². The number of hydrogen-bond donors (Lipinski definition) is 1. The molecule has 9 heteroatoms. The summed E-state index contributed by atoms with van der Waals surface area (Å²) in [7, 11) is 2.99. The van der Waals surface area contributed by atoms with Crippen LogP contribution in [0.1, 0.15) is 27.3 Å². The minimum atomic E-state index is -0.465. The number of nitrogens with one attached hydrogen (secondary N) is 1. The zero-order chi connectivity index (χ0) is 25.1. The number of methoxy groups -OCH3 is 2. The summed E-state index contributed by atoms with van der Waals surface area (Å²) < 4.78 is 12.7. The summed E-state index contributed by atoms with van der Waals surface area (Å²) in [5.74, 6) is 0.440. The van der Waals surface area contributed by atoms with Crippen LogP contribution < -0.4 is 14.9 Å². The van der Waals surface area contributed by atoms with E-state index in [4.69, 9.17) is 9.47 Å². The van der Waals surface area contributed by atoms with Crippen LogP contribution >= 0.6 is 0 Å². The zero-order valence-corrected chi connectivity index (χ0v) is 19.7. The first-order valence-corrected chi connectivity index (χ1v) is 10.8. The van der Waals surface area contributed by atoms with Crippen LogP contribution in [0.2, 0.25) is 0 Å². The highest BCUT2D eigenvalue weighted by atomic mass is 16.6. The maximum absolute atomic E-state index is 12.8. The van der Waals surface area contributed by atoms with Crippen LogP contribution in [0.5, 0.6) is 11.5 Å². The Labute approximate surface area is 201 Å². The van der Waals surface area contributed by atoms with Crippen LogP contribution in [0.15, 0.2) is 65.8 Å². The highest BCUT2D eigenvalue weighted by Gasteiger charge is 2.17. The van der Waals surface area contributed by atoms with Crippen molar-refractivity contribution in [1.29, 1.82) is 0 Å². The molecule has 1 amide bonds. The van der Waals surface area contributed by atoms with Crippen LogP contribution in [-0.2, 0) is 0 Å². The minimum Gasteiger partial charge on any atom is -0.496 e. The number of benzene rings is 3. The number of rotatable bonds is 7. The van der Waals surface area contributed by atoms with Gasteiger partial charge in [-0.3, -0.25) is 14.9 Å². The van der Waals surface area contributed by atoms with Gasteiger partial charge in [-0.05, 0) is 48.9 Å². The molecule has 0 saturated carbocycles. The normalized spacial score (nSPS) is 11.1. The van der Waals surface area contributed by atoms with E-state index in [0.717, 1.165) is 27.7 Å². The number of nitro benzene ring substituents is 1. The largest absolute Gasteiger partial charge is 0.496 e. The van der Waals surface area contributed by atoms with Crippen molar-refractivity contribution in [3.05, 3.63) is 93.3 Å². The number of carbonyl (C=O) groups is 1. The quantitative estimate of drug-likeness (QED) is 0.233. The molecule has 0 aliphatic carbocycles. The van der Waals surface area contributed by atoms with Crippen molar-refractivity contribution in [2.24, 2.45) is 5.10 Å². The summed E-state index contributed by atoms with van der Waals surface area (Å²) in [6.07, 6.45) is 1.56. The Kier molecular flexibility index (Phi) is 6.50. The molecule has 1 heterocycles. The molecule has 0 bridgehead atoms. The van der Waals surface area contributed by atoms with Crippen LogP contribution in [-0.4, -0.2) is 35.8 Å². The third-order valence-corrected chi connectivity index (χ3v) is 5.77. The first-order valence-electron chi connectivity index (χ1n) is 10.8. The minimum absolute atomic E-state index is 0.0540. The third kappa shape index (κ3) is 4.56. The number of non-ortho nitro benzene ring substituents is 1. The Bertz CT molecular complexity index is 1470. The number of carbonyl (C=O) groups excluding carboxylic acids is 1. The lowest BCUT2D eigenvalue weighted by Gasteiger charge is -2.13. The molecule has 1 N–H and O–H groups in total. The number of amides is 1. The van der Waals surface area contributed by atoms with E-state index in [2.05, 4.69) is 10.5 Å². The smallest absolute Gasteiger partial charge is 0.275 e. The van der Waals surface area contributed by atoms with Crippen LogP contribution in [0.4, 0.5) is 5.69 Å². The van der Waals surface area contributed by atoms with Crippen molar-refractivity contribution in [3.63, 3.8) is 0 Å². The lowest BCUT2D eigenvalue weighted by Crippen LogP contribution is -2.18. The highest BCUT2D eigenvalue weighted by molar-refractivity contribution is 6.02. The van der Waals surface area contributed by atoms with Crippen molar-refractivity contribution >= 4 is 28.6 Å². The van der Waals surface area contributed by atoms with Gasteiger partial charge in [0.1, 0.15) is 11.5 Å². The first-order chi connectivity index (χ1) is 16.8. The number of nitro groups is 1. The van der Waals surface area contributed by atoms with Gasteiger partial charge in [0.05, 0.1) is 42.7 Å². The molecule has 9 nitrogen and oxygen atoms in total. The second-order valence-corrected chi connectivity index (χ2v) is 7.87. The SMILES string of the molecule is COc1cc2ccccc2cc1C(=O)N/N=C\c1cc(C)n(-c2ccc([N+](=O)[O-])cc2OC)c1C. The van der Waals surface area contributed by atoms with Gasteiger partial charge in [-0.1, -0.05) is 24.3 Å². The fourth-order valence-corrected chi connectivity index (χ4v) is 4.04. The predicted octanol–water partition coefficient (Wildman–Crippen LogP) is 4.94. The summed E-state index contributed by atoms with van der Waals surface area (Å²) >= 11 is 0. The van der Waals surface area contributed by atoms with Gasteiger partial charge in [0, 0.05) is 23.0 Å². The van der Waals surface area contributed by atoms with Gasteiger partial charge in [-0.15, -0.1) is 0 Å². The number of nitrogens with zero attached hydrogens (tertiary/aromatic N) is 3. The Hall–Kier alpha value is -4.66. The van der Waals surface area contributed by atoms with Gasteiger partial charge in [0.15, 0.2) is 0 Å². The lowest BCUT2D eigenvalue weighted by molar-refractivity contribution is -0.384. The van der Waals surface area contributed by atoms with E-state index < -0.39 is 10.8 Å². The predicted molar refractivity (Wildman–Crippen MR) is 134 cm³/mol. The fraction of sp³-hybridized carbons (Fsp3) is 0.154. The topological polar surface area (TPSA) is 108 Å². The van der Waals surface area contributed by atoms with E-state index in [9.17, 15) is 14.9 Å². The number of hydrazone groups is 1. The molecular formula is C26H24N4O5. The Morgan fingerprint density at radius 2 is 1.69 bits per heavy atom. The number of ether oxygens (including phenoxy) is 2. The van der Waals surface area contributed by atoms with Gasteiger partial charge in [0.25, 0.3) is 11.6 Å². The fourth-order valence-electron chi connectivity index (χ4n) is 4.04. The molecule has 0 unspecified atom stereocenters. The Morgan fingerprint density at radius 3 is 2.34 bits per heavy atom. The second-order valence-electron chi connectivity index (χ2n) is 7.87. The van der Waals surface area contributed by atoms with Crippen molar-refractivity contribution < 1.29 is 19.2 Å². The molecule has 0 aliphatic rings. The number of hydrogen-bond acceptors (Lipinski definition) is 6. The molecule has 0 fully saturated rings. The molecule has 35 heavy (non-hydrogen) atoms. The third-order valence-electron chi connectivity index (χ3n) is 5.77. The molecule has 0 atom stereocenters. The van der Waals surface area contributed by atoms with E-state index >= 15 is 0 Å². The molecule has 3 aromatic carbocycles. The molecule has 4 rings (SSSR count). The molecule has 0 aliphatic heterocycles. The van der Waals surface area contributed by atoms with E-state index in [1.54, 1.807) is 18.3 Å². The molecule has 0 saturated heterocycles. The van der Waals surface area contributed by atoms with E-state index in [0.29, 0.717) is 22.7 Å². The standard InChI is InChI=1S/C26H24N4O5/c1-16-11-20(17(2)29(16)23-10-9-21(30(32)33)14-25(23)35-4)15-27-28-26(31)22-12-18-7-5-6-8-19(18)13-24(22)34-3/h5-15H,1-4H3,(H,28,31)/b27-15-. The Morgan fingerprint density at radius 1 is 1.00 bits per heavy atom. The van der Waals surface area contributed by atoms with Crippen LogP contribution in [0.3, 0.4) is 0 Å². The van der Waals surface area contributed by atoms with Crippen molar-refractivity contribution in [3.8, 4) is 17.2 Å². The summed E-state index contributed by atoms with van der Waals surface area (Å²) in [5, 5.41) is 17.2. The average molecular weight is 473 g/mol. The number of aromatic nitrogens is 1. The van der Waals surface area contributed by atoms with Crippen LogP contribution in [0.25, 0.3) is 16.5 Å². The molecular weight excluding hydrogens is 448 g/mol. The van der Waals surface area contributed by atoms with E-state index in [1.165, 1.54) is 26.4 Å². The Balaban J connectivity index is 1.60. The second kappa shape index (κ2) is 9.68. The summed E-state index contributed by atoms with van der Waals surface area (Å²) in [4.78, 5) is 23.5. The monoisotopic (exact) mass is 472 g/mol. The number of fused-ring (bicyclic) bond motifs is 1. The summed E-state index contributed by atoms with van der Waals surface area (Å²) in [6, 6.07) is 17.7.